The van der Waals surface area contributed by atoms with Crippen molar-refractivity contribution >= 4 is 52.3 Å². The molecule has 0 radical (unpaired) electrons. The molecule has 228 valence electrons. The number of thioether (sulfide) groups is 1. The van der Waals surface area contributed by atoms with Crippen molar-refractivity contribution in [3.63, 3.8) is 0 Å². The van der Waals surface area contributed by atoms with Crippen LogP contribution >= 0.6 is 11.8 Å². The first-order chi connectivity index (χ1) is 22.5. The Morgan fingerprint density at radius 2 is 1.59 bits per heavy atom. The molecular weight excluding hydrogens is 600 g/mol. The SMILES string of the molecule is COc1ccccc1/C=C/c1cc2nc(SC(c3ccccc3OC)C3N=C(c4ccccc4)OC3=O)nn2c2cc(O)ccc12. The van der Waals surface area contributed by atoms with Gasteiger partial charge in [0.15, 0.2) is 11.7 Å². The molecule has 46 heavy (non-hydrogen) atoms. The van der Waals surface area contributed by atoms with E-state index in [1.165, 1.54) is 11.8 Å². The second-order valence-corrected chi connectivity index (χ2v) is 11.6. The van der Waals surface area contributed by atoms with Crippen molar-refractivity contribution in [1.29, 1.82) is 0 Å². The van der Waals surface area contributed by atoms with Crippen molar-refractivity contribution in [3.8, 4) is 17.2 Å². The van der Waals surface area contributed by atoms with Gasteiger partial charge in [-0.05, 0) is 48.0 Å². The van der Waals surface area contributed by atoms with Crippen LogP contribution in [-0.2, 0) is 9.53 Å². The van der Waals surface area contributed by atoms with Gasteiger partial charge in [-0.3, -0.25) is 0 Å². The van der Waals surface area contributed by atoms with Crippen LogP contribution < -0.4 is 9.47 Å². The summed E-state index contributed by atoms with van der Waals surface area (Å²) in [6.45, 7) is 0. The van der Waals surface area contributed by atoms with E-state index in [-0.39, 0.29) is 11.6 Å². The second kappa shape index (κ2) is 12.4. The third-order valence-electron chi connectivity index (χ3n) is 7.68. The highest BCUT2D eigenvalue weighted by atomic mass is 32.2. The van der Waals surface area contributed by atoms with E-state index in [1.807, 2.05) is 103 Å². The minimum absolute atomic E-state index is 0.104. The lowest BCUT2D eigenvalue weighted by Crippen LogP contribution is -2.22. The molecule has 4 aromatic carbocycles. The number of aliphatic imine (C=N–C) groups is 1. The van der Waals surface area contributed by atoms with Gasteiger partial charge in [0.25, 0.3) is 0 Å². The molecule has 3 heterocycles. The van der Waals surface area contributed by atoms with E-state index in [9.17, 15) is 9.90 Å². The molecule has 1 aliphatic heterocycles. The number of carbonyl (C=O) groups is 1. The Kier molecular flexibility index (Phi) is 7.86. The van der Waals surface area contributed by atoms with Crippen LogP contribution in [-0.4, -0.2) is 51.8 Å². The van der Waals surface area contributed by atoms with Crippen molar-refractivity contribution in [2.45, 2.75) is 16.4 Å². The number of para-hydroxylation sites is 2. The average molecular weight is 629 g/mol. The Balaban J connectivity index is 1.32. The number of fused-ring (bicyclic) bond motifs is 3. The fraction of sp³-hybridized carbons (Fsp3) is 0.111. The standard InChI is InChI=1S/C36H28N4O5S/c1-43-29-14-8-6-10-22(29)16-17-24-20-31-37-36(39-40(31)28-21-25(41)18-19-26(24)28)46-33(27-13-7-9-15-30(27)44-2)32-35(42)45-34(38-32)23-11-4-3-5-12-23/h3-21,32-33,41H,1-2H3/b17-16+. The lowest BCUT2D eigenvalue weighted by molar-refractivity contribution is -0.134. The maximum Gasteiger partial charge on any atom is 0.339 e. The van der Waals surface area contributed by atoms with Gasteiger partial charge in [0, 0.05) is 28.1 Å². The molecule has 10 heteroatoms. The van der Waals surface area contributed by atoms with Crippen molar-refractivity contribution < 1.29 is 24.1 Å². The van der Waals surface area contributed by atoms with Crippen LogP contribution in [0.1, 0.15) is 27.5 Å². The minimum atomic E-state index is -0.872. The molecule has 0 saturated carbocycles. The molecule has 7 rings (SSSR count). The summed E-state index contributed by atoms with van der Waals surface area (Å²) in [5, 5.41) is 16.0. The zero-order valence-electron chi connectivity index (χ0n) is 24.9. The number of benzene rings is 4. The van der Waals surface area contributed by atoms with Crippen LogP contribution in [0.5, 0.6) is 17.2 Å². The van der Waals surface area contributed by atoms with Gasteiger partial charge in [-0.15, -0.1) is 5.10 Å². The molecular formula is C36H28N4O5S. The number of hydrogen-bond acceptors (Lipinski definition) is 9. The van der Waals surface area contributed by atoms with Gasteiger partial charge in [0.05, 0.1) is 25.0 Å². The predicted octanol–water partition coefficient (Wildman–Crippen LogP) is 6.98. The maximum atomic E-state index is 13.3. The van der Waals surface area contributed by atoms with Crippen molar-refractivity contribution in [2.75, 3.05) is 14.2 Å². The number of carbonyl (C=O) groups excluding carboxylic acids is 1. The van der Waals surface area contributed by atoms with Gasteiger partial charge in [-0.1, -0.05) is 78.5 Å². The molecule has 2 atom stereocenters. The Bertz CT molecular complexity index is 2140. The molecule has 0 spiro atoms. The van der Waals surface area contributed by atoms with Gasteiger partial charge in [0.1, 0.15) is 17.2 Å². The number of cyclic esters (lactones) is 1. The minimum Gasteiger partial charge on any atom is -0.508 e. The maximum absolute atomic E-state index is 13.3. The number of rotatable bonds is 9. The zero-order valence-corrected chi connectivity index (χ0v) is 25.7. The number of ether oxygens (including phenoxy) is 3. The van der Waals surface area contributed by atoms with Crippen molar-refractivity contribution in [1.82, 2.24) is 14.6 Å². The molecule has 0 amide bonds. The molecule has 0 fully saturated rings. The summed E-state index contributed by atoms with van der Waals surface area (Å²) < 4.78 is 18.6. The number of pyridine rings is 1. The highest BCUT2D eigenvalue weighted by Gasteiger charge is 2.40. The number of aromatic nitrogens is 3. The number of esters is 1. The zero-order chi connectivity index (χ0) is 31.6. The van der Waals surface area contributed by atoms with Gasteiger partial charge < -0.3 is 19.3 Å². The summed E-state index contributed by atoms with van der Waals surface area (Å²) in [6.07, 6.45) is 3.97. The summed E-state index contributed by atoms with van der Waals surface area (Å²) >= 11 is 1.30. The van der Waals surface area contributed by atoms with Crippen LogP contribution in [0.25, 0.3) is 28.7 Å². The summed E-state index contributed by atoms with van der Waals surface area (Å²) in [6, 6.07) is 30.8. The van der Waals surface area contributed by atoms with Gasteiger partial charge in [-0.2, -0.15) is 0 Å². The normalized spacial score (nSPS) is 15.3. The van der Waals surface area contributed by atoms with Gasteiger partial charge >= 0.3 is 5.97 Å². The molecule has 0 bridgehead atoms. The summed E-state index contributed by atoms with van der Waals surface area (Å²) in [5.74, 6) is 1.28. The molecule has 9 nitrogen and oxygen atoms in total. The molecule has 0 aliphatic carbocycles. The molecule has 6 aromatic rings. The number of hydrogen-bond donors (Lipinski definition) is 1. The van der Waals surface area contributed by atoms with E-state index in [0.717, 1.165) is 27.8 Å². The lowest BCUT2D eigenvalue weighted by Gasteiger charge is -2.20. The fourth-order valence-electron chi connectivity index (χ4n) is 5.48. The largest absolute Gasteiger partial charge is 0.508 e. The average Bonchev–Trinajstić information content (AvgIpc) is 3.69. The van der Waals surface area contributed by atoms with Crippen LogP contribution in [0.3, 0.4) is 0 Å². The molecule has 2 unspecified atom stereocenters. The molecule has 1 N–H and O–H groups in total. The molecule has 0 saturated heterocycles. The Morgan fingerprint density at radius 3 is 2.39 bits per heavy atom. The van der Waals surface area contributed by atoms with E-state index < -0.39 is 17.3 Å². The summed E-state index contributed by atoms with van der Waals surface area (Å²) in [4.78, 5) is 23.0. The van der Waals surface area contributed by atoms with Crippen molar-refractivity contribution in [2.24, 2.45) is 4.99 Å². The topological polar surface area (TPSA) is 108 Å². The van der Waals surface area contributed by atoms with Crippen LogP contribution in [0.15, 0.2) is 113 Å². The molecule has 1 aliphatic rings. The second-order valence-electron chi connectivity index (χ2n) is 10.5. The monoisotopic (exact) mass is 628 g/mol. The Hall–Kier alpha value is -5.61. The fourth-order valence-corrected chi connectivity index (χ4v) is 6.61. The van der Waals surface area contributed by atoms with Crippen molar-refractivity contribution in [3.05, 3.63) is 125 Å². The van der Waals surface area contributed by atoms with E-state index in [2.05, 4.69) is 0 Å². The van der Waals surface area contributed by atoms with E-state index in [0.29, 0.717) is 27.6 Å². The first-order valence-electron chi connectivity index (χ1n) is 14.5. The van der Waals surface area contributed by atoms with Crippen LogP contribution in [0, 0.1) is 0 Å². The number of nitrogens with zero attached hydrogens (tertiary/aromatic N) is 4. The van der Waals surface area contributed by atoms with E-state index in [1.54, 1.807) is 30.9 Å². The number of phenols is 1. The predicted molar refractivity (Wildman–Crippen MR) is 179 cm³/mol. The lowest BCUT2D eigenvalue weighted by atomic mass is 10.0. The Morgan fingerprint density at radius 1 is 0.870 bits per heavy atom. The number of phenolic OH excluding ortho intramolecular Hbond substituents is 1. The van der Waals surface area contributed by atoms with Gasteiger partial charge in [0.2, 0.25) is 11.1 Å². The number of aromatic hydroxyl groups is 1. The van der Waals surface area contributed by atoms with Crippen LogP contribution in [0.4, 0.5) is 0 Å². The van der Waals surface area contributed by atoms with E-state index in [4.69, 9.17) is 29.3 Å². The van der Waals surface area contributed by atoms with Gasteiger partial charge in [-0.25, -0.2) is 19.3 Å². The number of methoxy groups -OCH3 is 2. The third-order valence-corrected chi connectivity index (χ3v) is 8.83. The summed E-state index contributed by atoms with van der Waals surface area (Å²) in [7, 11) is 3.23. The molecule has 2 aromatic heterocycles. The smallest absolute Gasteiger partial charge is 0.339 e. The summed E-state index contributed by atoms with van der Waals surface area (Å²) in [5.41, 5.74) is 4.53. The highest BCUT2D eigenvalue weighted by Crippen LogP contribution is 2.44. The first-order valence-corrected chi connectivity index (χ1v) is 15.4. The van der Waals surface area contributed by atoms with Crippen LogP contribution in [0.2, 0.25) is 0 Å². The quantitative estimate of drug-likeness (QED) is 0.135. The Labute approximate surface area is 268 Å². The highest BCUT2D eigenvalue weighted by molar-refractivity contribution is 7.99. The third kappa shape index (κ3) is 5.54. The van der Waals surface area contributed by atoms with E-state index >= 15 is 0 Å². The first kappa shape index (κ1) is 29.1.